The third-order valence-electron chi connectivity index (χ3n) is 3.35. The third kappa shape index (κ3) is 3.48. The second-order valence-corrected chi connectivity index (χ2v) is 5.45. The summed E-state index contributed by atoms with van der Waals surface area (Å²) in [6.45, 7) is 0.296. The highest BCUT2D eigenvalue weighted by Crippen LogP contribution is 2.29. The number of rotatable bonds is 3. The first kappa shape index (κ1) is 15.4. The second kappa shape index (κ2) is 6.34. The molecule has 1 heterocycles. The minimum atomic E-state index is -0.884. The molecule has 0 bridgehead atoms. The molecule has 0 N–H and O–H groups in total. The van der Waals surface area contributed by atoms with Crippen molar-refractivity contribution in [3.63, 3.8) is 0 Å². The van der Waals surface area contributed by atoms with Gasteiger partial charge in [0.25, 0.3) is 0 Å². The van der Waals surface area contributed by atoms with Crippen LogP contribution in [0, 0.1) is 11.6 Å². The largest absolute Gasteiger partial charge is 0.488 e. The molecule has 0 saturated heterocycles. The van der Waals surface area contributed by atoms with Gasteiger partial charge in [-0.1, -0.05) is 17.7 Å². The molecule has 0 spiro atoms. The average molecular weight is 333 g/mol. The lowest BCUT2D eigenvalue weighted by Crippen LogP contribution is -2.06. The van der Waals surface area contributed by atoms with E-state index in [0.717, 1.165) is 23.3 Å². The van der Waals surface area contributed by atoms with Gasteiger partial charge in [-0.2, -0.15) is 0 Å². The molecule has 2 aromatic rings. The molecule has 0 fully saturated rings. The number of ketones is 1. The van der Waals surface area contributed by atoms with Gasteiger partial charge in [0.1, 0.15) is 24.0 Å². The highest BCUT2D eigenvalue weighted by atomic mass is 35.5. The molecule has 2 nitrogen and oxygen atoms in total. The van der Waals surface area contributed by atoms with E-state index >= 15 is 0 Å². The Hall–Kier alpha value is -2.46. The molecular weight excluding hydrogens is 322 g/mol. The number of fused-ring (bicyclic) bond motifs is 1. The number of hydrogen-bond acceptors (Lipinski definition) is 2. The maximum atomic E-state index is 13.6. The summed E-state index contributed by atoms with van der Waals surface area (Å²) in [7, 11) is 0. The lowest BCUT2D eigenvalue weighted by molar-refractivity contribution is 0.104. The first-order chi connectivity index (χ1) is 11.0. The van der Waals surface area contributed by atoms with Gasteiger partial charge in [-0.3, -0.25) is 4.79 Å². The lowest BCUT2D eigenvalue weighted by atomic mass is 10.1. The van der Waals surface area contributed by atoms with Crippen LogP contribution in [-0.4, -0.2) is 12.4 Å². The van der Waals surface area contributed by atoms with Gasteiger partial charge in [-0.15, -0.1) is 0 Å². The monoisotopic (exact) mass is 332 g/mol. The zero-order valence-electron chi connectivity index (χ0n) is 11.9. The quantitative estimate of drug-likeness (QED) is 0.594. The number of carbonyl (C=O) groups excluding carboxylic acids is 1. The summed E-state index contributed by atoms with van der Waals surface area (Å²) in [6.07, 6.45) is 4.63. The van der Waals surface area contributed by atoms with Crippen molar-refractivity contribution < 1.29 is 18.3 Å². The number of hydrogen-bond donors (Lipinski definition) is 0. The van der Waals surface area contributed by atoms with Crippen LogP contribution in [0.25, 0.3) is 6.08 Å². The fraction of sp³-hybridized carbons (Fsp3) is 0.0556. The Morgan fingerprint density at radius 3 is 2.78 bits per heavy atom. The first-order valence-corrected chi connectivity index (χ1v) is 7.21. The number of ether oxygens (including phenoxy) is 1. The number of carbonyl (C=O) groups is 1. The minimum Gasteiger partial charge on any atom is -0.488 e. The van der Waals surface area contributed by atoms with Gasteiger partial charge in [0.15, 0.2) is 5.78 Å². The molecule has 1 aliphatic rings. The van der Waals surface area contributed by atoms with Crippen LogP contribution >= 0.6 is 11.6 Å². The molecule has 0 radical (unpaired) electrons. The van der Waals surface area contributed by atoms with Crippen molar-refractivity contribution in [3.8, 4) is 5.75 Å². The Morgan fingerprint density at radius 2 is 2.00 bits per heavy atom. The van der Waals surface area contributed by atoms with Gasteiger partial charge >= 0.3 is 0 Å². The van der Waals surface area contributed by atoms with E-state index in [9.17, 15) is 13.6 Å². The van der Waals surface area contributed by atoms with Crippen molar-refractivity contribution in [1.29, 1.82) is 0 Å². The molecule has 0 saturated carbocycles. The van der Waals surface area contributed by atoms with Crippen LogP contribution in [0.2, 0.25) is 5.02 Å². The van der Waals surface area contributed by atoms with E-state index < -0.39 is 17.4 Å². The summed E-state index contributed by atoms with van der Waals surface area (Å²) in [5.41, 5.74) is 1.38. The van der Waals surface area contributed by atoms with Gasteiger partial charge in [-0.25, -0.2) is 8.78 Å². The predicted octanol–water partition coefficient (Wildman–Crippen LogP) is 4.83. The molecule has 0 atom stereocenters. The van der Waals surface area contributed by atoms with Crippen molar-refractivity contribution in [2.75, 3.05) is 6.61 Å². The van der Waals surface area contributed by atoms with Crippen molar-refractivity contribution in [3.05, 3.63) is 81.9 Å². The molecule has 23 heavy (non-hydrogen) atoms. The molecule has 0 aliphatic carbocycles. The van der Waals surface area contributed by atoms with Gasteiger partial charge < -0.3 is 4.74 Å². The average Bonchev–Trinajstić information content (AvgIpc) is 2.52. The SMILES string of the molecule is O=C(/C=C\C1=Cc2cc(Cl)ccc2OC1)c1ccc(F)cc1F. The summed E-state index contributed by atoms with van der Waals surface area (Å²) in [5.74, 6) is -1.44. The van der Waals surface area contributed by atoms with Crippen LogP contribution in [0.4, 0.5) is 8.78 Å². The van der Waals surface area contributed by atoms with E-state index in [0.29, 0.717) is 23.4 Å². The van der Waals surface area contributed by atoms with Crippen molar-refractivity contribution >= 4 is 23.5 Å². The van der Waals surface area contributed by atoms with E-state index in [1.807, 2.05) is 6.08 Å². The second-order valence-electron chi connectivity index (χ2n) is 5.01. The number of halogens is 3. The first-order valence-electron chi connectivity index (χ1n) is 6.83. The fourth-order valence-corrected chi connectivity index (χ4v) is 2.40. The Labute approximate surface area is 136 Å². The minimum absolute atomic E-state index is 0.177. The van der Waals surface area contributed by atoms with Crippen LogP contribution < -0.4 is 4.74 Å². The summed E-state index contributed by atoms with van der Waals surface area (Å²) in [6, 6.07) is 8.11. The normalized spacial score (nSPS) is 13.4. The molecular formula is C18H11ClF2O2. The van der Waals surface area contributed by atoms with Gasteiger partial charge in [-0.05, 0) is 48.1 Å². The maximum absolute atomic E-state index is 13.6. The molecule has 0 unspecified atom stereocenters. The Balaban J connectivity index is 1.81. The standard InChI is InChI=1S/C18H11ClF2O2/c19-13-2-6-18-12(8-13)7-11(10-23-18)1-5-17(22)15-4-3-14(20)9-16(15)21/h1-9H,10H2/b5-1-. The Morgan fingerprint density at radius 1 is 1.17 bits per heavy atom. The maximum Gasteiger partial charge on any atom is 0.188 e. The van der Waals surface area contributed by atoms with Crippen molar-refractivity contribution in [2.45, 2.75) is 0 Å². The molecule has 2 aromatic carbocycles. The molecule has 3 rings (SSSR count). The van der Waals surface area contributed by atoms with Gasteiger partial charge in [0, 0.05) is 16.7 Å². The zero-order valence-corrected chi connectivity index (χ0v) is 12.6. The fourth-order valence-electron chi connectivity index (χ4n) is 2.22. The van der Waals surface area contributed by atoms with Crippen molar-refractivity contribution in [2.24, 2.45) is 0 Å². The zero-order chi connectivity index (χ0) is 16.4. The summed E-state index contributed by atoms with van der Waals surface area (Å²) in [5, 5.41) is 0.582. The number of allylic oxidation sites excluding steroid dienone is 1. The van der Waals surface area contributed by atoms with E-state index in [1.54, 1.807) is 24.3 Å². The highest BCUT2D eigenvalue weighted by molar-refractivity contribution is 6.30. The third-order valence-corrected chi connectivity index (χ3v) is 3.59. The van der Waals surface area contributed by atoms with Gasteiger partial charge in [0.05, 0.1) is 5.56 Å². The smallest absolute Gasteiger partial charge is 0.188 e. The molecule has 0 amide bonds. The van der Waals surface area contributed by atoms with E-state index in [-0.39, 0.29) is 5.56 Å². The topological polar surface area (TPSA) is 26.3 Å². The van der Waals surface area contributed by atoms with Crippen LogP contribution in [-0.2, 0) is 0 Å². The highest BCUT2D eigenvalue weighted by Gasteiger charge is 2.12. The molecule has 116 valence electrons. The van der Waals surface area contributed by atoms with E-state index in [4.69, 9.17) is 16.3 Å². The predicted molar refractivity (Wildman–Crippen MR) is 84.8 cm³/mol. The summed E-state index contributed by atoms with van der Waals surface area (Å²) >= 11 is 5.93. The summed E-state index contributed by atoms with van der Waals surface area (Å²) < 4.78 is 32.0. The molecule has 5 heteroatoms. The van der Waals surface area contributed by atoms with Crippen LogP contribution in [0.1, 0.15) is 15.9 Å². The Kier molecular flexibility index (Phi) is 4.26. The molecule has 1 aliphatic heterocycles. The summed E-state index contributed by atoms with van der Waals surface area (Å²) in [4.78, 5) is 12.0. The van der Waals surface area contributed by atoms with E-state index in [1.165, 1.54) is 6.08 Å². The van der Waals surface area contributed by atoms with Crippen LogP contribution in [0.5, 0.6) is 5.75 Å². The Bertz CT molecular complexity index is 841. The van der Waals surface area contributed by atoms with Crippen LogP contribution in [0.3, 0.4) is 0 Å². The van der Waals surface area contributed by atoms with Crippen molar-refractivity contribution in [1.82, 2.24) is 0 Å². The van der Waals surface area contributed by atoms with E-state index in [2.05, 4.69) is 0 Å². The lowest BCUT2D eigenvalue weighted by Gasteiger charge is -2.16. The van der Waals surface area contributed by atoms with Gasteiger partial charge in [0.2, 0.25) is 0 Å². The number of benzene rings is 2. The molecule has 0 aromatic heterocycles. The van der Waals surface area contributed by atoms with Crippen LogP contribution in [0.15, 0.2) is 54.1 Å².